The first-order valence-corrected chi connectivity index (χ1v) is 8.90. The van der Waals surface area contributed by atoms with E-state index in [2.05, 4.69) is 25.3 Å². The Balaban J connectivity index is 1.63. The van der Waals surface area contributed by atoms with Crippen LogP contribution in [0.1, 0.15) is 21.7 Å². The van der Waals surface area contributed by atoms with Gasteiger partial charge < -0.3 is 11.1 Å². The highest BCUT2D eigenvalue weighted by molar-refractivity contribution is 6.04. The number of nitrogens with two attached hydrogens (primary N) is 1. The first kappa shape index (κ1) is 18.4. The largest absolute Gasteiger partial charge is 0.368 e. The Morgan fingerprint density at radius 1 is 1.10 bits per heavy atom. The maximum absolute atomic E-state index is 14.0. The van der Waals surface area contributed by atoms with Gasteiger partial charge in [-0.05, 0) is 36.8 Å². The second-order valence-electron chi connectivity index (χ2n) is 6.47. The molecule has 0 unspecified atom stereocenters. The van der Waals surface area contributed by atoms with Crippen LogP contribution in [0.2, 0.25) is 0 Å². The van der Waals surface area contributed by atoms with Crippen LogP contribution in [-0.2, 0) is 6.54 Å². The van der Waals surface area contributed by atoms with Crippen LogP contribution in [0.25, 0.3) is 22.2 Å². The van der Waals surface area contributed by atoms with Crippen molar-refractivity contribution < 1.29 is 9.18 Å². The highest BCUT2D eigenvalue weighted by Gasteiger charge is 2.17. The Morgan fingerprint density at radius 3 is 2.76 bits per heavy atom. The van der Waals surface area contributed by atoms with Gasteiger partial charge in [-0.15, -0.1) is 0 Å². The Bertz CT molecular complexity index is 1210. The molecule has 29 heavy (non-hydrogen) atoms. The third kappa shape index (κ3) is 3.73. The molecule has 0 spiro atoms. The molecule has 0 aliphatic heterocycles. The summed E-state index contributed by atoms with van der Waals surface area (Å²) in [5, 5.41) is 3.07. The number of anilines is 1. The van der Waals surface area contributed by atoms with Crippen molar-refractivity contribution in [3.8, 4) is 11.3 Å². The molecule has 0 fully saturated rings. The number of halogens is 1. The molecule has 3 N–H and O–H groups in total. The second kappa shape index (κ2) is 7.59. The Morgan fingerprint density at radius 2 is 1.97 bits per heavy atom. The summed E-state index contributed by atoms with van der Waals surface area (Å²) in [5.41, 5.74) is 8.94. The number of hydrogen-bond donors (Lipinski definition) is 2. The molecule has 0 atom stereocenters. The molecule has 3 aromatic heterocycles. The topological polar surface area (TPSA) is 107 Å². The summed E-state index contributed by atoms with van der Waals surface area (Å²) in [4.78, 5) is 29.4. The minimum Gasteiger partial charge on any atom is -0.368 e. The lowest BCUT2D eigenvalue weighted by Gasteiger charge is -2.11. The molecule has 0 aliphatic rings. The quantitative estimate of drug-likeness (QED) is 0.556. The molecule has 0 bridgehead atoms. The van der Waals surface area contributed by atoms with E-state index in [1.165, 1.54) is 12.1 Å². The maximum Gasteiger partial charge on any atom is 0.271 e. The Labute approximate surface area is 165 Å². The van der Waals surface area contributed by atoms with Gasteiger partial charge in [-0.1, -0.05) is 18.2 Å². The van der Waals surface area contributed by atoms with Crippen LogP contribution in [0, 0.1) is 12.7 Å². The number of nitrogen functional groups attached to an aromatic ring is 1. The molecule has 0 aliphatic carbocycles. The fraction of sp³-hybridized carbons (Fsp3) is 0.0952. The van der Waals surface area contributed by atoms with Gasteiger partial charge in [-0.3, -0.25) is 14.8 Å². The van der Waals surface area contributed by atoms with Gasteiger partial charge in [0.15, 0.2) is 0 Å². The molecular weight excluding hydrogens is 371 g/mol. The Hall–Kier alpha value is -3.94. The number of hydrogen-bond acceptors (Lipinski definition) is 6. The Kier molecular flexibility index (Phi) is 4.82. The lowest BCUT2D eigenvalue weighted by molar-refractivity contribution is 0.0947. The molecule has 1 aromatic carbocycles. The van der Waals surface area contributed by atoms with Gasteiger partial charge >= 0.3 is 0 Å². The molecular formula is C21H17FN6O. The van der Waals surface area contributed by atoms with E-state index < -0.39 is 11.7 Å². The third-order valence-corrected chi connectivity index (χ3v) is 4.40. The number of para-hydroxylation sites is 1. The minimum atomic E-state index is -0.567. The molecule has 4 aromatic rings. The zero-order chi connectivity index (χ0) is 20.4. The van der Waals surface area contributed by atoms with Crippen LogP contribution < -0.4 is 11.1 Å². The number of benzene rings is 1. The van der Waals surface area contributed by atoms with Crippen molar-refractivity contribution in [1.82, 2.24) is 25.3 Å². The van der Waals surface area contributed by atoms with Crippen molar-refractivity contribution in [2.24, 2.45) is 0 Å². The van der Waals surface area contributed by atoms with Crippen molar-refractivity contribution >= 4 is 22.8 Å². The molecule has 0 saturated heterocycles. The van der Waals surface area contributed by atoms with Crippen molar-refractivity contribution in [2.75, 3.05) is 5.73 Å². The molecule has 3 heterocycles. The van der Waals surface area contributed by atoms with E-state index >= 15 is 0 Å². The smallest absolute Gasteiger partial charge is 0.271 e. The van der Waals surface area contributed by atoms with Crippen LogP contribution in [0.3, 0.4) is 0 Å². The summed E-state index contributed by atoms with van der Waals surface area (Å²) in [6, 6.07) is 11.9. The second-order valence-corrected chi connectivity index (χ2v) is 6.47. The molecule has 144 valence electrons. The summed E-state index contributed by atoms with van der Waals surface area (Å²) in [6.45, 7) is 2.10. The summed E-state index contributed by atoms with van der Waals surface area (Å²) in [6.07, 6.45) is 3.42. The van der Waals surface area contributed by atoms with E-state index in [0.29, 0.717) is 5.69 Å². The molecule has 8 heteroatoms. The van der Waals surface area contributed by atoms with Gasteiger partial charge in [-0.2, -0.15) is 0 Å². The van der Waals surface area contributed by atoms with Gasteiger partial charge in [0.25, 0.3) is 5.91 Å². The highest BCUT2D eigenvalue weighted by Crippen LogP contribution is 2.22. The molecule has 0 saturated carbocycles. The fourth-order valence-corrected chi connectivity index (χ4v) is 2.99. The SMILES string of the molecule is Cc1ccc(-c2cccnc2CNC(=O)c2nc(N)nc3c(F)cccc23)nc1. The maximum atomic E-state index is 14.0. The lowest BCUT2D eigenvalue weighted by Crippen LogP contribution is -2.25. The predicted octanol–water partition coefficient (Wildman–Crippen LogP) is 3.05. The number of nitrogens with one attached hydrogen (secondary N) is 1. The van der Waals surface area contributed by atoms with Gasteiger partial charge in [0.2, 0.25) is 5.95 Å². The van der Waals surface area contributed by atoms with Crippen LogP contribution in [0.4, 0.5) is 10.3 Å². The van der Waals surface area contributed by atoms with E-state index in [1.54, 1.807) is 18.5 Å². The molecule has 7 nitrogen and oxygen atoms in total. The van der Waals surface area contributed by atoms with Gasteiger partial charge in [0.05, 0.1) is 17.9 Å². The minimum absolute atomic E-state index is 0.00697. The van der Waals surface area contributed by atoms with Crippen molar-refractivity contribution in [2.45, 2.75) is 13.5 Å². The number of carbonyl (C=O) groups is 1. The number of carbonyl (C=O) groups excluding carboxylic acids is 1. The normalized spacial score (nSPS) is 10.8. The van der Waals surface area contributed by atoms with E-state index in [9.17, 15) is 9.18 Å². The van der Waals surface area contributed by atoms with Crippen LogP contribution >= 0.6 is 0 Å². The van der Waals surface area contributed by atoms with Gasteiger partial charge in [0, 0.05) is 23.3 Å². The third-order valence-electron chi connectivity index (χ3n) is 4.40. The first-order chi connectivity index (χ1) is 14.0. The van der Waals surface area contributed by atoms with Crippen LogP contribution in [-0.4, -0.2) is 25.8 Å². The van der Waals surface area contributed by atoms with Crippen LogP contribution in [0.5, 0.6) is 0 Å². The number of fused-ring (bicyclic) bond motifs is 1. The van der Waals surface area contributed by atoms with E-state index in [4.69, 9.17) is 5.73 Å². The van der Waals surface area contributed by atoms with Gasteiger partial charge in [0.1, 0.15) is 17.0 Å². The van der Waals surface area contributed by atoms with Gasteiger partial charge in [-0.25, -0.2) is 14.4 Å². The summed E-state index contributed by atoms with van der Waals surface area (Å²) in [7, 11) is 0. The van der Waals surface area contributed by atoms with E-state index in [0.717, 1.165) is 16.8 Å². The molecule has 1 amide bonds. The van der Waals surface area contributed by atoms with Crippen molar-refractivity contribution in [3.63, 3.8) is 0 Å². The number of amides is 1. The van der Waals surface area contributed by atoms with E-state index in [1.807, 2.05) is 31.2 Å². The highest BCUT2D eigenvalue weighted by atomic mass is 19.1. The van der Waals surface area contributed by atoms with Crippen LogP contribution in [0.15, 0.2) is 54.9 Å². The summed E-state index contributed by atoms with van der Waals surface area (Å²) >= 11 is 0. The summed E-state index contributed by atoms with van der Waals surface area (Å²) < 4.78 is 14.0. The zero-order valence-corrected chi connectivity index (χ0v) is 15.6. The van der Waals surface area contributed by atoms with Crippen molar-refractivity contribution in [1.29, 1.82) is 0 Å². The fourth-order valence-electron chi connectivity index (χ4n) is 2.99. The standard InChI is InChI=1S/C21H17FN6O/c1-12-7-8-16(25-10-12)13-5-3-9-24-17(13)11-26-20(29)19-14-4-2-6-15(22)18(14)27-21(23)28-19/h2-10H,11H2,1H3,(H,26,29)(H2,23,27,28). The monoisotopic (exact) mass is 388 g/mol. The number of rotatable bonds is 4. The number of pyridine rings is 2. The summed E-state index contributed by atoms with van der Waals surface area (Å²) in [5.74, 6) is -1.23. The zero-order valence-electron chi connectivity index (χ0n) is 15.6. The molecule has 0 radical (unpaired) electrons. The van der Waals surface area contributed by atoms with Crippen molar-refractivity contribution in [3.05, 3.63) is 77.6 Å². The first-order valence-electron chi connectivity index (χ1n) is 8.90. The lowest BCUT2D eigenvalue weighted by atomic mass is 10.1. The number of aromatic nitrogens is 4. The van der Waals surface area contributed by atoms with E-state index in [-0.39, 0.29) is 29.1 Å². The average molecular weight is 388 g/mol. The number of nitrogens with zero attached hydrogens (tertiary/aromatic N) is 4. The predicted molar refractivity (Wildman–Crippen MR) is 107 cm³/mol. The average Bonchev–Trinajstić information content (AvgIpc) is 2.73. The molecule has 4 rings (SSSR count). The number of aryl methyl sites for hydroxylation is 1.